The second-order valence-corrected chi connectivity index (χ2v) is 10.9. The van der Waals surface area contributed by atoms with Crippen LogP contribution >= 0.6 is 0 Å². The maximum Gasteiger partial charge on any atom is 0.258 e. The molecule has 0 aliphatic carbocycles. The first kappa shape index (κ1) is 30.4. The van der Waals surface area contributed by atoms with Crippen LogP contribution in [0.5, 0.6) is 5.75 Å². The van der Waals surface area contributed by atoms with Gasteiger partial charge in [0.1, 0.15) is 5.75 Å². The van der Waals surface area contributed by atoms with Crippen LogP contribution in [0.25, 0.3) is 0 Å². The van der Waals surface area contributed by atoms with Crippen molar-refractivity contribution in [3.63, 3.8) is 0 Å². The average molecular weight is 540 g/mol. The lowest BCUT2D eigenvalue weighted by Gasteiger charge is -2.36. The quantitative estimate of drug-likeness (QED) is 0.589. The molecular formula is C31H45N3O5. The molecule has 39 heavy (non-hydrogen) atoms. The van der Waals surface area contributed by atoms with Gasteiger partial charge in [-0.3, -0.25) is 9.59 Å². The van der Waals surface area contributed by atoms with Gasteiger partial charge in [0, 0.05) is 58.0 Å². The predicted octanol–water partition coefficient (Wildman–Crippen LogP) is 4.32. The maximum absolute atomic E-state index is 14.1. The van der Waals surface area contributed by atoms with Gasteiger partial charge in [0.2, 0.25) is 0 Å². The van der Waals surface area contributed by atoms with E-state index in [1.807, 2.05) is 88.3 Å². The van der Waals surface area contributed by atoms with E-state index < -0.39 is 6.04 Å². The lowest BCUT2D eigenvalue weighted by atomic mass is 10.0. The number of amides is 2. The van der Waals surface area contributed by atoms with Crippen molar-refractivity contribution in [3.8, 4) is 5.75 Å². The molecule has 3 rings (SSSR count). The molecule has 0 aromatic heterocycles. The Bertz CT molecular complexity index is 1080. The van der Waals surface area contributed by atoms with Crippen LogP contribution in [0.2, 0.25) is 0 Å². The molecule has 0 saturated carbocycles. The number of nitrogens with zero attached hydrogens (tertiary/aromatic N) is 3. The van der Waals surface area contributed by atoms with Crippen molar-refractivity contribution in [2.45, 2.75) is 58.3 Å². The molecule has 8 heteroatoms. The van der Waals surface area contributed by atoms with E-state index in [2.05, 4.69) is 0 Å². The van der Waals surface area contributed by atoms with Crippen LogP contribution in [-0.2, 0) is 4.74 Å². The van der Waals surface area contributed by atoms with Crippen LogP contribution in [0.3, 0.4) is 0 Å². The molecule has 4 atom stereocenters. The summed E-state index contributed by atoms with van der Waals surface area (Å²) in [6.45, 7) is 7.04. The van der Waals surface area contributed by atoms with Gasteiger partial charge in [-0.15, -0.1) is 0 Å². The van der Waals surface area contributed by atoms with Crippen LogP contribution in [0.4, 0.5) is 5.69 Å². The molecule has 1 heterocycles. The van der Waals surface area contributed by atoms with Gasteiger partial charge in [0.15, 0.2) is 0 Å². The molecule has 1 aliphatic heterocycles. The van der Waals surface area contributed by atoms with Crippen molar-refractivity contribution in [1.29, 1.82) is 0 Å². The molecule has 8 nitrogen and oxygen atoms in total. The second-order valence-electron chi connectivity index (χ2n) is 10.9. The third-order valence-electron chi connectivity index (χ3n) is 7.37. The molecule has 2 amide bonds. The SMILES string of the molecule is C[C@@H]1CCCCO[C@H](CN(C)C(=O)c2ccccc2)[C@H](C)CN([C@@H](C)CO)C(=O)c2cc(N(C)C)ccc2O1. The Kier molecular flexibility index (Phi) is 11.2. The zero-order valence-electron chi connectivity index (χ0n) is 24.3. The summed E-state index contributed by atoms with van der Waals surface area (Å²) in [4.78, 5) is 32.5. The molecule has 2 aromatic rings. The first-order valence-electron chi connectivity index (χ1n) is 13.9. The lowest BCUT2D eigenvalue weighted by molar-refractivity contribution is -0.0149. The molecule has 1 aliphatic rings. The summed E-state index contributed by atoms with van der Waals surface area (Å²) in [5, 5.41) is 10.1. The minimum absolute atomic E-state index is 0.0708. The number of aliphatic hydroxyl groups is 1. The summed E-state index contributed by atoms with van der Waals surface area (Å²) >= 11 is 0. The van der Waals surface area contributed by atoms with E-state index in [1.165, 1.54) is 0 Å². The molecule has 214 valence electrons. The third-order valence-corrected chi connectivity index (χ3v) is 7.37. The van der Waals surface area contributed by atoms with Gasteiger partial charge in [-0.1, -0.05) is 25.1 Å². The van der Waals surface area contributed by atoms with Gasteiger partial charge in [-0.25, -0.2) is 0 Å². The molecule has 2 aromatic carbocycles. The smallest absolute Gasteiger partial charge is 0.258 e. The molecule has 0 saturated heterocycles. The maximum atomic E-state index is 14.1. The van der Waals surface area contributed by atoms with E-state index in [1.54, 1.807) is 16.8 Å². The third kappa shape index (κ3) is 8.19. The largest absolute Gasteiger partial charge is 0.490 e. The number of fused-ring (bicyclic) bond motifs is 1. The summed E-state index contributed by atoms with van der Waals surface area (Å²) < 4.78 is 12.6. The number of ether oxygens (including phenoxy) is 2. The van der Waals surface area contributed by atoms with E-state index in [4.69, 9.17) is 9.47 Å². The second kappa shape index (κ2) is 14.3. The summed E-state index contributed by atoms with van der Waals surface area (Å²) in [5.74, 6) is 0.189. The highest BCUT2D eigenvalue weighted by molar-refractivity contribution is 5.98. The Hall–Kier alpha value is -3.10. The average Bonchev–Trinajstić information content (AvgIpc) is 2.93. The zero-order valence-corrected chi connectivity index (χ0v) is 24.3. The van der Waals surface area contributed by atoms with Crippen molar-refractivity contribution in [2.75, 3.05) is 52.3 Å². The number of carbonyl (C=O) groups is 2. The Morgan fingerprint density at radius 3 is 2.49 bits per heavy atom. The highest BCUT2D eigenvalue weighted by atomic mass is 16.5. The van der Waals surface area contributed by atoms with Crippen LogP contribution in [0.1, 0.15) is 60.7 Å². The summed E-state index contributed by atoms with van der Waals surface area (Å²) in [6.07, 6.45) is 2.27. The summed E-state index contributed by atoms with van der Waals surface area (Å²) in [5.41, 5.74) is 2.00. The number of hydrogen-bond acceptors (Lipinski definition) is 6. The van der Waals surface area contributed by atoms with Gasteiger partial charge in [0.05, 0.1) is 30.4 Å². The van der Waals surface area contributed by atoms with Gasteiger partial charge in [-0.05, 0) is 63.4 Å². The first-order valence-corrected chi connectivity index (χ1v) is 13.9. The van der Waals surface area contributed by atoms with Crippen molar-refractivity contribution in [1.82, 2.24) is 9.80 Å². The Balaban J connectivity index is 1.93. The lowest BCUT2D eigenvalue weighted by Crippen LogP contribution is -2.48. The van der Waals surface area contributed by atoms with E-state index in [-0.39, 0.29) is 36.5 Å². The number of anilines is 1. The predicted molar refractivity (Wildman–Crippen MR) is 155 cm³/mol. The van der Waals surface area contributed by atoms with Crippen molar-refractivity contribution >= 4 is 17.5 Å². The van der Waals surface area contributed by atoms with Crippen LogP contribution in [0.15, 0.2) is 48.5 Å². The fourth-order valence-corrected chi connectivity index (χ4v) is 4.81. The number of likely N-dealkylation sites (N-methyl/N-ethyl adjacent to an activating group) is 1. The van der Waals surface area contributed by atoms with Crippen molar-refractivity contribution in [2.24, 2.45) is 5.92 Å². The number of aliphatic hydroxyl groups excluding tert-OH is 1. The minimum Gasteiger partial charge on any atom is -0.490 e. The molecule has 1 N–H and O–H groups in total. The van der Waals surface area contributed by atoms with E-state index in [0.717, 1.165) is 24.9 Å². The van der Waals surface area contributed by atoms with Gasteiger partial charge >= 0.3 is 0 Å². The van der Waals surface area contributed by atoms with Crippen LogP contribution in [-0.4, -0.2) is 92.4 Å². The molecule has 0 unspecified atom stereocenters. The topological polar surface area (TPSA) is 82.6 Å². The summed E-state index contributed by atoms with van der Waals surface area (Å²) in [6, 6.07) is 14.5. The number of benzene rings is 2. The van der Waals surface area contributed by atoms with Crippen molar-refractivity contribution < 1.29 is 24.2 Å². The fourth-order valence-electron chi connectivity index (χ4n) is 4.81. The van der Waals surface area contributed by atoms with Crippen molar-refractivity contribution in [3.05, 3.63) is 59.7 Å². The molecule has 0 bridgehead atoms. The normalized spacial score (nSPS) is 21.8. The van der Waals surface area contributed by atoms with Gasteiger partial charge in [0.25, 0.3) is 11.8 Å². The van der Waals surface area contributed by atoms with E-state index in [9.17, 15) is 14.7 Å². The molecule has 0 radical (unpaired) electrons. The number of rotatable bonds is 6. The molecule has 0 spiro atoms. The minimum atomic E-state index is -0.412. The highest BCUT2D eigenvalue weighted by Crippen LogP contribution is 2.29. The summed E-state index contributed by atoms with van der Waals surface area (Å²) in [7, 11) is 5.66. The standard InChI is InChI=1S/C31H45N3O5/c1-22-19-34(23(2)21-35)31(37)27-18-26(32(4)5)15-16-28(27)39-24(3)12-10-11-17-38-29(22)20-33(6)30(36)25-13-8-7-9-14-25/h7-9,13-16,18,22-24,29,35H,10-12,17,19-21H2,1-6H3/t22-,23+,24-,29-/m1/s1. The van der Waals surface area contributed by atoms with Crippen LogP contribution < -0.4 is 9.64 Å². The fraction of sp³-hybridized carbons (Fsp3) is 0.548. The number of carbonyl (C=O) groups excluding carboxylic acids is 2. The van der Waals surface area contributed by atoms with Gasteiger partial charge in [-0.2, -0.15) is 0 Å². The first-order chi connectivity index (χ1) is 18.6. The Morgan fingerprint density at radius 1 is 1.10 bits per heavy atom. The highest BCUT2D eigenvalue weighted by Gasteiger charge is 2.31. The Labute approximate surface area is 233 Å². The molecule has 0 fully saturated rings. The van der Waals surface area contributed by atoms with Gasteiger partial charge < -0.3 is 29.3 Å². The monoisotopic (exact) mass is 539 g/mol. The Morgan fingerprint density at radius 2 is 1.82 bits per heavy atom. The number of hydrogen-bond donors (Lipinski definition) is 1. The van der Waals surface area contributed by atoms with E-state index in [0.29, 0.717) is 36.6 Å². The molecular weight excluding hydrogens is 494 g/mol. The zero-order chi connectivity index (χ0) is 28.5. The van der Waals surface area contributed by atoms with E-state index >= 15 is 0 Å². The van der Waals surface area contributed by atoms with Crippen LogP contribution in [0, 0.1) is 5.92 Å².